The van der Waals surface area contributed by atoms with Crippen molar-refractivity contribution in [3.05, 3.63) is 47.3 Å². The van der Waals surface area contributed by atoms with Crippen LogP contribution in [0.5, 0.6) is 5.75 Å². The fourth-order valence-corrected chi connectivity index (χ4v) is 3.43. The number of hydrogen-bond donors (Lipinski definition) is 1. The van der Waals surface area contributed by atoms with Gasteiger partial charge in [0.2, 0.25) is 5.91 Å². The molecule has 0 spiro atoms. The molecular weight excluding hydrogens is 278 g/mol. The van der Waals surface area contributed by atoms with Gasteiger partial charge in [0.25, 0.3) is 0 Å². The van der Waals surface area contributed by atoms with Crippen molar-refractivity contribution in [1.29, 1.82) is 0 Å². The summed E-state index contributed by atoms with van der Waals surface area (Å²) in [6.07, 6.45) is 5.66. The molecule has 1 aliphatic carbocycles. The minimum absolute atomic E-state index is 0.100. The topological polar surface area (TPSA) is 58.4 Å². The molecule has 2 heterocycles. The highest BCUT2D eigenvalue weighted by atomic mass is 16.3. The maximum atomic E-state index is 12.7. The zero-order chi connectivity index (χ0) is 15.3. The van der Waals surface area contributed by atoms with E-state index in [0.717, 1.165) is 30.5 Å². The molecule has 2 aliphatic rings. The first-order chi connectivity index (χ1) is 10.6. The molecule has 4 rings (SSSR count). The quantitative estimate of drug-likeness (QED) is 0.920. The lowest BCUT2D eigenvalue weighted by atomic mass is 9.99. The van der Waals surface area contributed by atoms with Crippen LogP contribution in [0.3, 0.4) is 0 Å². The number of amides is 1. The molecule has 0 radical (unpaired) electrons. The number of benzene rings is 1. The van der Waals surface area contributed by atoms with Crippen LogP contribution < -0.4 is 0 Å². The summed E-state index contributed by atoms with van der Waals surface area (Å²) in [4.78, 5) is 14.6. The van der Waals surface area contributed by atoms with Gasteiger partial charge in [-0.15, -0.1) is 0 Å². The van der Waals surface area contributed by atoms with Gasteiger partial charge in [-0.05, 0) is 47.6 Å². The number of rotatable bonds is 2. The summed E-state index contributed by atoms with van der Waals surface area (Å²) in [6.45, 7) is 1.38. The van der Waals surface area contributed by atoms with Crippen LogP contribution in [0.25, 0.3) is 0 Å². The van der Waals surface area contributed by atoms with E-state index in [1.165, 1.54) is 5.56 Å². The molecule has 1 amide bonds. The molecule has 1 saturated carbocycles. The van der Waals surface area contributed by atoms with Crippen LogP contribution in [0.1, 0.15) is 29.0 Å². The van der Waals surface area contributed by atoms with Crippen LogP contribution in [0.15, 0.2) is 30.6 Å². The summed E-state index contributed by atoms with van der Waals surface area (Å²) in [6, 6.07) is 5.46. The molecule has 1 fully saturated rings. The lowest BCUT2D eigenvalue weighted by molar-refractivity contribution is -0.133. The zero-order valence-electron chi connectivity index (χ0n) is 12.6. The Balaban J connectivity index is 1.46. The molecule has 1 N–H and O–H groups in total. The van der Waals surface area contributed by atoms with Gasteiger partial charge >= 0.3 is 0 Å². The van der Waals surface area contributed by atoms with Crippen molar-refractivity contribution >= 4 is 5.91 Å². The van der Waals surface area contributed by atoms with E-state index in [0.29, 0.717) is 12.5 Å². The van der Waals surface area contributed by atoms with E-state index in [4.69, 9.17) is 0 Å². The van der Waals surface area contributed by atoms with Gasteiger partial charge in [-0.2, -0.15) is 5.10 Å². The van der Waals surface area contributed by atoms with Crippen molar-refractivity contribution in [3.8, 4) is 5.75 Å². The highest BCUT2D eigenvalue weighted by molar-refractivity contribution is 5.83. The monoisotopic (exact) mass is 297 g/mol. The molecule has 5 heteroatoms. The van der Waals surface area contributed by atoms with Crippen LogP contribution in [0.2, 0.25) is 0 Å². The van der Waals surface area contributed by atoms with Crippen molar-refractivity contribution in [3.63, 3.8) is 0 Å². The van der Waals surface area contributed by atoms with Crippen molar-refractivity contribution < 1.29 is 9.90 Å². The first-order valence-electron chi connectivity index (χ1n) is 7.70. The molecule has 22 heavy (non-hydrogen) atoms. The predicted octanol–water partition coefficient (Wildman–Crippen LogP) is 1.81. The Morgan fingerprint density at radius 1 is 1.36 bits per heavy atom. The number of nitrogens with zero attached hydrogens (tertiary/aromatic N) is 3. The molecule has 2 aromatic rings. The molecule has 5 nitrogen and oxygen atoms in total. The average molecular weight is 297 g/mol. The summed E-state index contributed by atoms with van der Waals surface area (Å²) < 4.78 is 1.79. The molecule has 0 saturated heterocycles. The molecule has 1 aliphatic heterocycles. The summed E-state index contributed by atoms with van der Waals surface area (Å²) >= 11 is 0. The third-order valence-corrected chi connectivity index (χ3v) is 4.77. The molecular formula is C17H19N3O2. The van der Waals surface area contributed by atoms with Crippen LogP contribution in [-0.2, 0) is 24.8 Å². The maximum absolute atomic E-state index is 12.7. The van der Waals surface area contributed by atoms with Gasteiger partial charge in [-0.3, -0.25) is 9.48 Å². The van der Waals surface area contributed by atoms with Gasteiger partial charge in [0, 0.05) is 32.3 Å². The van der Waals surface area contributed by atoms with E-state index in [1.807, 2.05) is 30.4 Å². The highest BCUT2D eigenvalue weighted by Gasteiger charge is 2.46. The molecule has 114 valence electrons. The second kappa shape index (κ2) is 4.87. The largest absolute Gasteiger partial charge is 0.508 e. The van der Waals surface area contributed by atoms with Gasteiger partial charge in [-0.1, -0.05) is 6.07 Å². The van der Waals surface area contributed by atoms with E-state index < -0.39 is 0 Å². The molecule has 2 atom stereocenters. The number of aromatic nitrogens is 2. The standard InChI is InChI=1S/C17H19N3O2/c1-19-9-13(8-18-19)15-7-16(15)17(22)20-5-4-11-2-3-14(21)6-12(11)10-20/h2-3,6,8-9,15-16,21H,4-5,7,10H2,1H3. The highest BCUT2D eigenvalue weighted by Crippen LogP contribution is 2.48. The third kappa shape index (κ3) is 2.26. The number of aromatic hydroxyl groups is 1. The molecule has 1 aromatic heterocycles. The first-order valence-corrected chi connectivity index (χ1v) is 7.70. The van der Waals surface area contributed by atoms with Gasteiger partial charge in [0.15, 0.2) is 0 Å². The Morgan fingerprint density at radius 3 is 3.00 bits per heavy atom. The Bertz CT molecular complexity index is 737. The van der Waals surface area contributed by atoms with Crippen LogP contribution in [-0.4, -0.2) is 32.2 Å². The Hall–Kier alpha value is -2.30. The van der Waals surface area contributed by atoms with Gasteiger partial charge in [-0.25, -0.2) is 0 Å². The fraction of sp³-hybridized carbons (Fsp3) is 0.412. The zero-order valence-corrected chi connectivity index (χ0v) is 12.6. The first kappa shape index (κ1) is 13.4. The molecule has 0 bridgehead atoms. The van der Waals surface area contributed by atoms with Crippen LogP contribution >= 0.6 is 0 Å². The van der Waals surface area contributed by atoms with Crippen molar-refractivity contribution in [2.75, 3.05) is 6.54 Å². The maximum Gasteiger partial charge on any atom is 0.226 e. The second-order valence-corrected chi connectivity index (χ2v) is 6.36. The van der Waals surface area contributed by atoms with Gasteiger partial charge in [0.05, 0.1) is 6.20 Å². The van der Waals surface area contributed by atoms with Crippen molar-refractivity contribution in [2.45, 2.75) is 25.3 Å². The lowest BCUT2D eigenvalue weighted by Crippen LogP contribution is -2.37. The molecule has 2 unspecified atom stereocenters. The summed E-state index contributed by atoms with van der Waals surface area (Å²) in [7, 11) is 1.90. The Morgan fingerprint density at radius 2 is 2.23 bits per heavy atom. The van der Waals surface area contributed by atoms with Crippen molar-refractivity contribution in [2.24, 2.45) is 13.0 Å². The summed E-state index contributed by atoms with van der Waals surface area (Å²) in [5.41, 5.74) is 3.47. The fourth-order valence-electron chi connectivity index (χ4n) is 3.43. The van der Waals surface area contributed by atoms with E-state index in [2.05, 4.69) is 5.10 Å². The van der Waals surface area contributed by atoms with E-state index in [9.17, 15) is 9.90 Å². The lowest BCUT2D eigenvalue weighted by Gasteiger charge is -2.29. The van der Waals surface area contributed by atoms with E-state index in [1.54, 1.807) is 16.8 Å². The van der Waals surface area contributed by atoms with Crippen LogP contribution in [0, 0.1) is 5.92 Å². The Kier molecular flexibility index (Phi) is 2.96. The van der Waals surface area contributed by atoms with E-state index >= 15 is 0 Å². The number of fused-ring (bicyclic) bond motifs is 1. The SMILES string of the molecule is Cn1cc(C2CC2C(=O)N2CCc3ccc(O)cc3C2)cn1. The predicted molar refractivity (Wildman–Crippen MR) is 81.3 cm³/mol. The average Bonchev–Trinajstić information content (AvgIpc) is 3.20. The minimum atomic E-state index is 0.100. The summed E-state index contributed by atoms with van der Waals surface area (Å²) in [5.74, 6) is 0.936. The number of hydrogen-bond acceptors (Lipinski definition) is 3. The summed E-state index contributed by atoms with van der Waals surface area (Å²) in [5, 5.41) is 13.8. The number of phenolic OH excluding ortho intramolecular Hbond substituents is 1. The van der Waals surface area contributed by atoms with Gasteiger partial charge < -0.3 is 10.0 Å². The molecule has 1 aromatic carbocycles. The normalized spacial score (nSPS) is 23.2. The number of carbonyl (C=O) groups is 1. The number of carbonyl (C=O) groups excluding carboxylic acids is 1. The minimum Gasteiger partial charge on any atom is -0.508 e. The van der Waals surface area contributed by atoms with E-state index in [-0.39, 0.29) is 17.6 Å². The third-order valence-electron chi connectivity index (χ3n) is 4.77. The van der Waals surface area contributed by atoms with Crippen LogP contribution in [0.4, 0.5) is 0 Å². The Labute approximate surface area is 129 Å². The second-order valence-electron chi connectivity index (χ2n) is 6.36. The smallest absolute Gasteiger partial charge is 0.226 e. The van der Waals surface area contributed by atoms with Gasteiger partial charge in [0.1, 0.15) is 5.75 Å². The number of aryl methyl sites for hydroxylation is 1. The number of phenols is 1. The van der Waals surface area contributed by atoms with Crippen molar-refractivity contribution in [1.82, 2.24) is 14.7 Å².